The standard InChI is InChI=1S/C25H31N3O5S/c1-5-18(15-25(31)32)23-14-19(8-11-27(23)3)22-7-6-20(26-17(2)29)16-24(22)34(4,33)28-12-9-21(30)10-13-28/h5-8,11,14,16,21,30H,1,4,9-10,12-13,15H2,2-3H3,(H,26,29)(H,31,32)/b23-18+. The van der Waals surface area contributed by atoms with Gasteiger partial charge in [0.1, 0.15) is 0 Å². The van der Waals surface area contributed by atoms with Gasteiger partial charge in [0.2, 0.25) is 5.91 Å². The molecular formula is C25H31N3O5S. The Morgan fingerprint density at radius 1 is 1.29 bits per heavy atom. The van der Waals surface area contributed by atoms with E-state index in [1.54, 1.807) is 22.5 Å². The Bertz CT molecular complexity index is 1190. The third kappa shape index (κ3) is 5.67. The van der Waals surface area contributed by atoms with Crippen molar-refractivity contribution in [3.8, 4) is 0 Å². The Kier molecular flexibility index (Phi) is 7.81. The first-order valence-electron chi connectivity index (χ1n) is 11.0. The van der Waals surface area contributed by atoms with E-state index in [2.05, 4.69) is 17.8 Å². The average Bonchev–Trinajstić information content (AvgIpc) is 2.78. The molecule has 3 N–H and O–H groups in total. The fourth-order valence-corrected chi connectivity index (χ4v) is 5.99. The molecule has 1 unspecified atom stereocenters. The van der Waals surface area contributed by atoms with Gasteiger partial charge in [-0.15, -0.1) is 0 Å². The number of rotatable bonds is 7. The second-order valence-corrected chi connectivity index (χ2v) is 10.6. The zero-order chi connectivity index (χ0) is 25.0. The normalized spacial score (nSPS) is 20.3. The lowest BCUT2D eigenvalue weighted by Gasteiger charge is -2.33. The number of nitrogens with zero attached hydrogens (tertiary/aromatic N) is 2. The van der Waals surface area contributed by atoms with Gasteiger partial charge >= 0.3 is 5.97 Å². The predicted octanol–water partition coefficient (Wildman–Crippen LogP) is 2.85. The molecule has 2 aliphatic rings. The zero-order valence-electron chi connectivity index (χ0n) is 19.5. The van der Waals surface area contributed by atoms with E-state index >= 15 is 0 Å². The third-order valence-corrected chi connectivity index (χ3v) is 8.09. The third-order valence-electron chi connectivity index (χ3n) is 5.86. The first-order valence-corrected chi connectivity index (χ1v) is 12.6. The molecule has 34 heavy (non-hydrogen) atoms. The Labute approximate surface area is 200 Å². The summed E-state index contributed by atoms with van der Waals surface area (Å²) in [6.07, 6.45) is 7.44. The maximum atomic E-state index is 14.1. The molecule has 9 heteroatoms. The number of carboxylic acid groups (broad SMARTS) is 1. The summed E-state index contributed by atoms with van der Waals surface area (Å²) in [7, 11) is -1.13. The van der Waals surface area contributed by atoms with Gasteiger partial charge in [-0.05, 0) is 59.7 Å². The van der Waals surface area contributed by atoms with Crippen LogP contribution >= 0.6 is 0 Å². The topological polar surface area (TPSA) is 110 Å². The second-order valence-electron chi connectivity index (χ2n) is 8.40. The highest BCUT2D eigenvalue weighted by molar-refractivity contribution is 7.98. The summed E-state index contributed by atoms with van der Waals surface area (Å²) in [6.45, 7) is 6.04. The number of aliphatic carboxylic acids is 1. The van der Waals surface area contributed by atoms with E-state index in [-0.39, 0.29) is 12.3 Å². The van der Waals surface area contributed by atoms with Crippen LogP contribution in [0.2, 0.25) is 0 Å². The summed E-state index contributed by atoms with van der Waals surface area (Å²) in [4.78, 5) is 25.3. The predicted molar refractivity (Wildman–Crippen MR) is 135 cm³/mol. The number of hydrogen-bond donors (Lipinski definition) is 3. The average molecular weight is 486 g/mol. The van der Waals surface area contributed by atoms with Crippen LogP contribution < -0.4 is 5.32 Å². The molecule has 1 amide bonds. The molecule has 0 radical (unpaired) electrons. The minimum Gasteiger partial charge on any atom is -0.481 e. The molecule has 2 heterocycles. The summed E-state index contributed by atoms with van der Waals surface area (Å²) in [5.41, 5.74) is 3.12. The molecule has 8 nitrogen and oxygen atoms in total. The molecule has 0 aromatic heterocycles. The molecule has 1 atom stereocenters. The number of aliphatic hydroxyl groups excluding tert-OH is 1. The molecule has 1 aromatic carbocycles. The summed E-state index contributed by atoms with van der Waals surface area (Å²) >= 11 is 0. The van der Waals surface area contributed by atoms with Crippen LogP contribution in [0.5, 0.6) is 0 Å². The van der Waals surface area contributed by atoms with E-state index in [1.165, 1.54) is 13.0 Å². The first-order chi connectivity index (χ1) is 16.0. The van der Waals surface area contributed by atoms with Crippen LogP contribution in [0.15, 0.2) is 65.4 Å². The minimum atomic E-state index is -2.95. The first kappa shape index (κ1) is 25.5. The van der Waals surface area contributed by atoms with Crippen molar-refractivity contribution >= 4 is 38.7 Å². The zero-order valence-corrected chi connectivity index (χ0v) is 20.3. The summed E-state index contributed by atoms with van der Waals surface area (Å²) < 4.78 is 15.9. The van der Waals surface area contributed by atoms with Crippen LogP contribution in [0.3, 0.4) is 0 Å². The molecule has 1 fully saturated rings. The largest absolute Gasteiger partial charge is 0.481 e. The van der Waals surface area contributed by atoms with Gasteiger partial charge in [0.05, 0.1) is 27.1 Å². The highest BCUT2D eigenvalue weighted by Crippen LogP contribution is 2.34. The van der Waals surface area contributed by atoms with Crippen LogP contribution in [-0.2, 0) is 19.3 Å². The molecule has 1 aromatic rings. The van der Waals surface area contributed by atoms with Gasteiger partial charge in [0.25, 0.3) is 0 Å². The van der Waals surface area contributed by atoms with E-state index in [0.717, 1.165) is 5.57 Å². The Hall–Kier alpha value is -3.14. The van der Waals surface area contributed by atoms with E-state index < -0.39 is 21.8 Å². The minimum absolute atomic E-state index is 0.183. The molecule has 2 aliphatic heterocycles. The Morgan fingerprint density at radius 2 is 1.97 bits per heavy atom. The molecule has 0 saturated carbocycles. The number of hydrogen-bond acceptors (Lipinski definition) is 5. The molecule has 0 bridgehead atoms. The van der Waals surface area contributed by atoms with E-state index in [9.17, 15) is 24.0 Å². The van der Waals surface area contributed by atoms with Crippen LogP contribution in [0, 0.1) is 0 Å². The number of likely N-dealkylation sites (N-methyl/N-ethyl adjacent to an activating group) is 1. The van der Waals surface area contributed by atoms with E-state index in [1.807, 2.05) is 30.3 Å². The van der Waals surface area contributed by atoms with Crippen molar-refractivity contribution in [3.63, 3.8) is 0 Å². The lowest BCUT2D eigenvalue weighted by atomic mass is 9.99. The molecule has 0 aliphatic carbocycles. The van der Waals surface area contributed by atoms with Crippen molar-refractivity contribution in [2.45, 2.75) is 37.2 Å². The number of carboxylic acids is 1. The van der Waals surface area contributed by atoms with Gasteiger partial charge in [-0.1, -0.05) is 18.7 Å². The Morgan fingerprint density at radius 3 is 2.56 bits per heavy atom. The molecule has 1 saturated heterocycles. The van der Waals surface area contributed by atoms with Gasteiger partial charge < -0.3 is 20.4 Å². The fourth-order valence-electron chi connectivity index (χ4n) is 4.07. The number of nitrogens with one attached hydrogen (secondary N) is 1. The smallest absolute Gasteiger partial charge is 0.307 e. The maximum absolute atomic E-state index is 14.1. The fraction of sp³-hybridized carbons (Fsp3) is 0.320. The van der Waals surface area contributed by atoms with Gasteiger partial charge in [-0.2, -0.15) is 0 Å². The van der Waals surface area contributed by atoms with Gasteiger partial charge in [0, 0.05) is 44.6 Å². The van der Waals surface area contributed by atoms with Gasteiger partial charge in [-0.3, -0.25) is 9.59 Å². The summed E-state index contributed by atoms with van der Waals surface area (Å²) in [6, 6.07) is 5.20. The van der Waals surface area contributed by atoms with Crippen LogP contribution in [0.25, 0.3) is 5.57 Å². The number of anilines is 1. The van der Waals surface area contributed by atoms with Crippen molar-refractivity contribution in [1.29, 1.82) is 0 Å². The SMILES string of the molecule is C=C/C(CC(=O)O)=C1/C=C(c2ccc(NC(C)=O)cc2S(=C)(=O)N2CCC(O)CC2)C=CN1C. The number of piperidine rings is 1. The van der Waals surface area contributed by atoms with Gasteiger partial charge in [0.15, 0.2) is 0 Å². The monoisotopic (exact) mass is 485 g/mol. The van der Waals surface area contributed by atoms with Crippen molar-refractivity contribution in [2.75, 3.05) is 25.5 Å². The number of benzene rings is 1. The lowest BCUT2D eigenvalue weighted by Crippen LogP contribution is -2.40. The van der Waals surface area contributed by atoms with E-state index in [4.69, 9.17) is 0 Å². The van der Waals surface area contributed by atoms with Crippen molar-refractivity contribution in [2.24, 2.45) is 0 Å². The van der Waals surface area contributed by atoms with Crippen LogP contribution in [-0.4, -0.2) is 67.6 Å². The second kappa shape index (κ2) is 10.4. The summed E-state index contributed by atoms with van der Waals surface area (Å²) in [5.74, 6) is 2.87. The highest BCUT2D eigenvalue weighted by atomic mass is 32.2. The number of amides is 1. The number of carbonyl (C=O) groups is 2. The molecular weight excluding hydrogens is 454 g/mol. The van der Waals surface area contributed by atoms with Crippen molar-refractivity contribution in [1.82, 2.24) is 9.21 Å². The summed E-state index contributed by atoms with van der Waals surface area (Å²) in [5, 5.41) is 21.9. The van der Waals surface area contributed by atoms with Crippen LogP contribution in [0.1, 0.15) is 31.7 Å². The van der Waals surface area contributed by atoms with Crippen molar-refractivity contribution in [3.05, 3.63) is 66.0 Å². The van der Waals surface area contributed by atoms with E-state index in [0.29, 0.717) is 53.3 Å². The molecule has 182 valence electrons. The van der Waals surface area contributed by atoms with Gasteiger partial charge in [-0.25, -0.2) is 8.51 Å². The molecule has 3 rings (SSSR count). The van der Waals surface area contributed by atoms with Crippen molar-refractivity contribution < 1.29 is 24.0 Å². The quantitative estimate of drug-likeness (QED) is 0.513. The van der Waals surface area contributed by atoms with Crippen LogP contribution in [0.4, 0.5) is 5.69 Å². The lowest BCUT2D eigenvalue weighted by molar-refractivity contribution is -0.136. The number of carbonyl (C=O) groups excluding carboxylic acids is 1. The Balaban J connectivity index is 2.15. The molecule has 0 spiro atoms. The highest BCUT2D eigenvalue weighted by Gasteiger charge is 2.27. The maximum Gasteiger partial charge on any atom is 0.307 e. The number of allylic oxidation sites excluding steroid dienone is 4. The number of aliphatic hydroxyl groups is 1.